The molecule has 0 amide bonds. The van der Waals surface area contributed by atoms with Crippen LogP contribution in [-0.2, 0) is 0 Å². The summed E-state index contributed by atoms with van der Waals surface area (Å²) in [5.74, 6) is 2.72. The molecule has 1 heteroatoms. The van der Waals surface area contributed by atoms with Gasteiger partial charge in [-0.3, -0.25) is 0 Å². The molecule has 72 valence electrons. The molecule has 0 aromatic heterocycles. The molecule has 0 saturated heterocycles. The molecule has 0 heterocycles. The zero-order valence-corrected chi connectivity index (χ0v) is 9.82. The molecular formula is C11H23P. The molecule has 0 N–H and O–H groups in total. The van der Waals surface area contributed by atoms with Crippen LogP contribution in [0, 0.1) is 12.3 Å². The van der Waals surface area contributed by atoms with Gasteiger partial charge < -0.3 is 0 Å². The topological polar surface area (TPSA) is 0 Å². The predicted octanol–water partition coefficient (Wildman–Crippen LogP) is 3.21. The zero-order valence-electron chi connectivity index (χ0n) is 8.82. The summed E-state index contributed by atoms with van der Waals surface area (Å²) in [4.78, 5) is 0. The van der Waals surface area contributed by atoms with Crippen molar-refractivity contribution in [2.75, 3.05) is 25.7 Å². The molecule has 0 aliphatic carbocycles. The summed E-state index contributed by atoms with van der Waals surface area (Å²) < 4.78 is 0. The normalized spacial score (nSPS) is 12.5. The fourth-order valence-corrected chi connectivity index (χ4v) is 4.14. The van der Waals surface area contributed by atoms with Gasteiger partial charge in [0.15, 0.2) is 0 Å². The van der Waals surface area contributed by atoms with Crippen LogP contribution in [0.4, 0.5) is 0 Å². The van der Waals surface area contributed by atoms with Crippen molar-refractivity contribution in [3.8, 4) is 12.3 Å². The van der Waals surface area contributed by atoms with Gasteiger partial charge >= 0.3 is 77.9 Å². The van der Waals surface area contributed by atoms with E-state index in [9.17, 15) is 0 Å². The van der Waals surface area contributed by atoms with E-state index in [1.807, 2.05) is 0 Å². The van der Waals surface area contributed by atoms with Gasteiger partial charge in [-0.1, -0.05) is 0 Å². The number of hydrogen-bond acceptors (Lipinski definition) is 0. The molecule has 0 aliphatic rings. The van der Waals surface area contributed by atoms with Crippen LogP contribution < -0.4 is 0 Å². The second-order valence-corrected chi connectivity index (χ2v) is 9.65. The monoisotopic (exact) mass is 186 g/mol. The second-order valence-electron chi connectivity index (χ2n) is 4.33. The van der Waals surface area contributed by atoms with Crippen molar-refractivity contribution in [3.63, 3.8) is 0 Å². The average molecular weight is 186 g/mol. The van der Waals surface area contributed by atoms with Gasteiger partial charge in [-0.25, -0.2) is 0 Å². The van der Waals surface area contributed by atoms with E-state index in [1.165, 1.54) is 31.6 Å². The molecule has 0 spiro atoms. The molecule has 0 bridgehead atoms. The van der Waals surface area contributed by atoms with Crippen LogP contribution in [0.25, 0.3) is 0 Å². The Bertz CT molecular complexity index is 142. The van der Waals surface area contributed by atoms with Gasteiger partial charge in [0.2, 0.25) is 0 Å². The SMILES string of the molecule is C#CCCC[PH](C)(C)CCCC. The summed E-state index contributed by atoms with van der Waals surface area (Å²) in [6, 6.07) is 0. The van der Waals surface area contributed by atoms with Crippen molar-refractivity contribution < 1.29 is 0 Å². The van der Waals surface area contributed by atoms with Gasteiger partial charge in [0, 0.05) is 0 Å². The Kier molecular flexibility index (Phi) is 6.49. The van der Waals surface area contributed by atoms with E-state index in [0.717, 1.165) is 6.42 Å². The fourth-order valence-electron chi connectivity index (χ4n) is 1.45. The molecule has 12 heavy (non-hydrogen) atoms. The van der Waals surface area contributed by atoms with E-state index < -0.39 is 7.26 Å². The molecule has 0 atom stereocenters. The van der Waals surface area contributed by atoms with Crippen molar-refractivity contribution in [3.05, 3.63) is 0 Å². The third-order valence-corrected chi connectivity index (χ3v) is 5.80. The molecule has 0 radical (unpaired) electrons. The Morgan fingerprint density at radius 1 is 1.17 bits per heavy atom. The van der Waals surface area contributed by atoms with E-state index in [1.54, 1.807) is 0 Å². The first-order valence-corrected chi connectivity index (χ1v) is 8.47. The van der Waals surface area contributed by atoms with Crippen LogP contribution in [0.5, 0.6) is 0 Å². The second kappa shape index (κ2) is 6.50. The number of rotatable bonds is 6. The standard InChI is InChI=1S/C11H23P/c1-5-7-9-11-12(3,4)10-8-6-2/h1,12H,6-11H2,2-4H3. The van der Waals surface area contributed by atoms with E-state index in [4.69, 9.17) is 6.42 Å². The molecule has 0 saturated carbocycles. The molecule has 0 aromatic rings. The Balaban J connectivity index is 3.50. The van der Waals surface area contributed by atoms with E-state index >= 15 is 0 Å². The molecule has 0 aromatic carbocycles. The number of unbranched alkanes of at least 4 members (excludes halogenated alkanes) is 2. The van der Waals surface area contributed by atoms with Crippen LogP contribution in [0.1, 0.15) is 32.6 Å². The summed E-state index contributed by atoms with van der Waals surface area (Å²) in [7, 11) is -0.857. The number of hydrogen-bond donors (Lipinski definition) is 0. The minimum absolute atomic E-state index is 0.857. The molecule has 0 rings (SSSR count). The molecule has 0 fully saturated rings. The maximum atomic E-state index is 5.22. The summed E-state index contributed by atoms with van der Waals surface area (Å²) >= 11 is 0. The Morgan fingerprint density at radius 3 is 2.25 bits per heavy atom. The van der Waals surface area contributed by atoms with Crippen molar-refractivity contribution in [1.29, 1.82) is 0 Å². The van der Waals surface area contributed by atoms with Gasteiger partial charge in [-0.05, 0) is 0 Å². The quantitative estimate of drug-likeness (QED) is 0.339. The average Bonchev–Trinajstić information content (AvgIpc) is 2.01. The predicted molar refractivity (Wildman–Crippen MR) is 62.9 cm³/mol. The van der Waals surface area contributed by atoms with Crippen molar-refractivity contribution >= 4 is 7.26 Å². The van der Waals surface area contributed by atoms with Gasteiger partial charge in [-0.15, -0.1) is 0 Å². The Hall–Kier alpha value is -0.0100. The maximum absolute atomic E-state index is 5.22. The van der Waals surface area contributed by atoms with Gasteiger partial charge in [0.1, 0.15) is 0 Å². The summed E-state index contributed by atoms with van der Waals surface area (Å²) in [6.07, 6.45) is 13.1. The van der Waals surface area contributed by atoms with E-state index in [2.05, 4.69) is 26.2 Å². The van der Waals surface area contributed by atoms with E-state index in [-0.39, 0.29) is 0 Å². The minimum atomic E-state index is -0.857. The van der Waals surface area contributed by atoms with Gasteiger partial charge in [0.25, 0.3) is 0 Å². The van der Waals surface area contributed by atoms with Crippen LogP contribution >= 0.6 is 7.26 Å². The summed E-state index contributed by atoms with van der Waals surface area (Å²) in [5.41, 5.74) is 0. The molecule has 0 aliphatic heterocycles. The van der Waals surface area contributed by atoms with Gasteiger partial charge in [-0.2, -0.15) is 0 Å². The first kappa shape index (κ1) is 12.0. The van der Waals surface area contributed by atoms with Crippen molar-refractivity contribution in [2.45, 2.75) is 32.6 Å². The summed E-state index contributed by atoms with van der Waals surface area (Å²) in [5, 5.41) is 0. The number of terminal acetylenes is 1. The van der Waals surface area contributed by atoms with Crippen LogP contribution in [0.15, 0.2) is 0 Å². The first-order valence-electron chi connectivity index (χ1n) is 5.06. The first-order chi connectivity index (χ1) is 5.62. The van der Waals surface area contributed by atoms with Crippen LogP contribution in [0.3, 0.4) is 0 Å². The Morgan fingerprint density at radius 2 is 1.75 bits per heavy atom. The zero-order chi connectivity index (χ0) is 9.45. The van der Waals surface area contributed by atoms with Crippen molar-refractivity contribution in [2.24, 2.45) is 0 Å². The van der Waals surface area contributed by atoms with Gasteiger partial charge in [0.05, 0.1) is 0 Å². The molecular weight excluding hydrogens is 163 g/mol. The molecule has 0 nitrogen and oxygen atoms in total. The molecule has 0 unspecified atom stereocenters. The Labute approximate surface area is 78.5 Å². The fraction of sp³-hybridized carbons (Fsp3) is 0.818. The van der Waals surface area contributed by atoms with Crippen LogP contribution in [-0.4, -0.2) is 25.7 Å². The third kappa shape index (κ3) is 6.68. The van der Waals surface area contributed by atoms with Crippen LogP contribution in [0.2, 0.25) is 0 Å². The third-order valence-electron chi connectivity index (χ3n) is 2.38. The van der Waals surface area contributed by atoms with E-state index in [0.29, 0.717) is 0 Å². The summed E-state index contributed by atoms with van der Waals surface area (Å²) in [6.45, 7) is 7.24. The van der Waals surface area contributed by atoms with Crippen molar-refractivity contribution in [1.82, 2.24) is 0 Å².